The number of halogens is 1. The van der Waals surface area contributed by atoms with Crippen LogP contribution in [0.15, 0.2) is 79.3 Å². The molecular weight excluding hydrogens is 439 g/mol. The molecule has 0 aliphatic carbocycles. The topological polar surface area (TPSA) is 73.5 Å². The van der Waals surface area contributed by atoms with Gasteiger partial charge in [0.15, 0.2) is 0 Å². The van der Waals surface area contributed by atoms with E-state index in [-0.39, 0.29) is 5.82 Å². The normalized spacial score (nSPS) is 11.7. The van der Waals surface area contributed by atoms with Gasteiger partial charge in [0.1, 0.15) is 11.5 Å². The fourth-order valence-electron chi connectivity index (χ4n) is 4.54. The van der Waals surface area contributed by atoms with Crippen LogP contribution in [0.4, 0.5) is 4.39 Å². The Labute approximate surface area is 201 Å². The van der Waals surface area contributed by atoms with E-state index in [1.807, 2.05) is 50.8 Å². The Morgan fingerprint density at radius 1 is 0.829 bits per heavy atom. The van der Waals surface area contributed by atoms with E-state index >= 15 is 0 Å². The van der Waals surface area contributed by atoms with Crippen LogP contribution < -0.4 is 0 Å². The molecule has 0 radical (unpaired) electrons. The minimum atomic E-state index is -0.285. The zero-order chi connectivity index (χ0) is 23.9. The van der Waals surface area contributed by atoms with Gasteiger partial charge in [0.25, 0.3) is 0 Å². The summed E-state index contributed by atoms with van der Waals surface area (Å²) in [6.07, 6.45) is 5.53. The van der Waals surface area contributed by atoms with Crippen LogP contribution in [0, 0.1) is 5.82 Å². The third-order valence-electron chi connectivity index (χ3n) is 6.09. The zero-order valence-electron chi connectivity index (χ0n) is 19.4. The number of hydrogen-bond donors (Lipinski definition) is 2. The van der Waals surface area contributed by atoms with Crippen LogP contribution >= 0.6 is 0 Å². The van der Waals surface area contributed by atoms with E-state index in [9.17, 15) is 4.39 Å². The van der Waals surface area contributed by atoms with Crippen molar-refractivity contribution < 1.29 is 4.39 Å². The maximum Gasteiger partial charge on any atom is 0.123 e. The predicted molar refractivity (Wildman–Crippen MR) is 137 cm³/mol. The number of aromatic amines is 2. The Hall–Kier alpha value is -4.36. The lowest BCUT2D eigenvalue weighted by Gasteiger charge is -2.10. The van der Waals surface area contributed by atoms with Gasteiger partial charge in [-0.15, -0.1) is 0 Å². The van der Waals surface area contributed by atoms with Crippen LogP contribution in [0.2, 0.25) is 0 Å². The van der Waals surface area contributed by atoms with Crippen molar-refractivity contribution in [2.24, 2.45) is 0 Å². The van der Waals surface area contributed by atoms with Gasteiger partial charge in [-0.25, -0.2) is 4.39 Å². The van der Waals surface area contributed by atoms with Crippen LogP contribution in [-0.2, 0) is 6.54 Å². The molecule has 0 aliphatic rings. The van der Waals surface area contributed by atoms with Crippen molar-refractivity contribution in [3.8, 4) is 33.8 Å². The number of pyridine rings is 2. The SMILES string of the molecule is CN(C)Cc1cncc(-c2ccc3[nH]nc(-c4cc5c(-c6cccc(F)c6)nccc5[nH]4)c3c2)c1. The highest BCUT2D eigenvalue weighted by molar-refractivity contribution is 6.00. The lowest BCUT2D eigenvalue weighted by molar-refractivity contribution is 0.402. The van der Waals surface area contributed by atoms with Gasteiger partial charge in [-0.05, 0) is 67.7 Å². The first-order valence-electron chi connectivity index (χ1n) is 11.4. The fraction of sp³-hybridized carbons (Fsp3) is 0.107. The molecule has 4 heterocycles. The standard InChI is InChI=1S/C28H23FN6/c1-35(2)16-17-10-20(15-30-14-17)18-6-7-25-22(12-18)28(34-33-25)26-13-23-24(32-26)8-9-31-27(23)19-4-3-5-21(29)11-19/h3-15,32H,16H2,1-2H3,(H,33,34). The maximum atomic E-state index is 13.9. The van der Waals surface area contributed by atoms with E-state index in [1.54, 1.807) is 12.3 Å². The van der Waals surface area contributed by atoms with E-state index in [2.05, 4.69) is 48.2 Å². The molecule has 2 N–H and O–H groups in total. The summed E-state index contributed by atoms with van der Waals surface area (Å²) in [4.78, 5) is 14.6. The highest BCUT2D eigenvalue weighted by atomic mass is 19.1. The summed E-state index contributed by atoms with van der Waals surface area (Å²) in [6.45, 7) is 0.830. The third kappa shape index (κ3) is 3.96. The van der Waals surface area contributed by atoms with Crippen molar-refractivity contribution >= 4 is 21.8 Å². The Balaban J connectivity index is 1.45. The Morgan fingerprint density at radius 2 is 1.71 bits per heavy atom. The molecule has 0 saturated carbocycles. The minimum Gasteiger partial charge on any atom is -0.353 e. The minimum absolute atomic E-state index is 0.285. The van der Waals surface area contributed by atoms with E-state index in [0.717, 1.165) is 67.7 Å². The highest BCUT2D eigenvalue weighted by Crippen LogP contribution is 2.34. The third-order valence-corrected chi connectivity index (χ3v) is 6.09. The molecule has 4 aromatic heterocycles. The van der Waals surface area contributed by atoms with Crippen molar-refractivity contribution in [3.05, 3.63) is 90.6 Å². The molecule has 0 amide bonds. The average Bonchev–Trinajstić information content (AvgIpc) is 3.47. The number of fused-ring (bicyclic) bond motifs is 2. The number of H-pyrrole nitrogens is 2. The van der Waals surface area contributed by atoms with Crippen LogP contribution in [-0.4, -0.2) is 44.1 Å². The molecule has 2 aromatic carbocycles. The van der Waals surface area contributed by atoms with Crippen molar-refractivity contribution in [3.63, 3.8) is 0 Å². The van der Waals surface area contributed by atoms with Crippen LogP contribution in [0.1, 0.15) is 5.56 Å². The summed E-state index contributed by atoms with van der Waals surface area (Å²) >= 11 is 0. The summed E-state index contributed by atoms with van der Waals surface area (Å²) in [5.41, 5.74) is 8.32. The van der Waals surface area contributed by atoms with Gasteiger partial charge >= 0.3 is 0 Å². The molecule has 0 fully saturated rings. The number of benzene rings is 2. The molecule has 0 atom stereocenters. The lowest BCUT2D eigenvalue weighted by Crippen LogP contribution is -2.10. The van der Waals surface area contributed by atoms with E-state index < -0.39 is 0 Å². The first kappa shape index (κ1) is 21.2. The van der Waals surface area contributed by atoms with Crippen molar-refractivity contribution in [2.45, 2.75) is 6.54 Å². The first-order valence-corrected chi connectivity index (χ1v) is 11.4. The smallest absolute Gasteiger partial charge is 0.123 e. The van der Waals surface area contributed by atoms with E-state index in [4.69, 9.17) is 0 Å². The predicted octanol–water partition coefficient (Wildman–Crippen LogP) is 6.04. The quantitative estimate of drug-likeness (QED) is 0.328. The van der Waals surface area contributed by atoms with Gasteiger partial charge in [-0.2, -0.15) is 5.10 Å². The monoisotopic (exact) mass is 462 g/mol. The number of nitrogens with one attached hydrogen (secondary N) is 2. The molecule has 0 aliphatic heterocycles. The molecular formula is C28H23FN6. The summed E-state index contributed by atoms with van der Waals surface area (Å²) < 4.78 is 13.9. The first-order chi connectivity index (χ1) is 17.0. The molecule has 0 spiro atoms. The van der Waals surface area contributed by atoms with Gasteiger partial charge in [0, 0.05) is 52.6 Å². The zero-order valence-corrected chi connectivity index (χ0v) is 19.4. The van der Waals surface area contributed by atoms with E-state index in [0.29, 0.717) is 0 Å². The van der Waals surface area contributed by atoms with Gasteiger partial charge in [-0.1, -0.05) is 18.2 Å². The van der Waals surface area contributed by atoms with Gasteiger partial charge in [0.05, 0.1) is 16.9 Å². The number of hydrogen-bond acceptors (Lipinski definition) is 4. The van der Waals surface area contributed by atoms with Crippen molar-refractivity contribution in [2.75, 3.05) is 14.1 Å². The van der Waals surface area contributed by atoms with Gasteiger partial charge in [0.2, 0.25) is 0 Å². The van der Waals surface area contributed by atoms with Crippen molar-refractivity contribution in [1.82, 2.24) is 30.0 Å². The molecule has 6 nitrogen and oxygen atoms in total. The average molecular weight is 463 g/mol. The highest BCUT2D eigenvalue weighted by Gasteiger charge is 2.15. The molecule has 0 unspecified atom stereocenters. The lowest BCUT2D eigenvalue weighted by atomic mass is 10.0. The van der Waals surface area contributed by atoms with E-state index in [1.165, 1.54) is 12.1 Å². The number of aromatic nitrogens is 5. The van der Waals surface area contributed by atoms with Crippen LogP contribution in [0.3, 0.4) is 0 Å². The number of nitrogens with zero attached hydrogens (tertiary/aromatic N) is 4. The second-order valence-corrected chi connectivity index (χ2v) is 8.97. The molecule has 6 rings (SSSR count). The van der Waals surface area contributed by atoms with Crippen molar-refractivity contribution in [1.29, 1.82) is 0 Å². The largest absolute Gasteiger partial charge is 0.353 e. The maximum absolute atomic E-state index is 13.9. The Bertz CT molecular complexity index is 1680. The molecule has 6 aromatic rings. The Kier molecular flexibility index (Phi) is 5.12. The molecule has 0 bridgehead atoms. The summed E-state index contributed by atoms with van der Waals surface area (Å²) in [6, 6.07) is 18.9. The fourth-order valence-corrected chi connectivity index (χ4v) is 4.54. The summed E-state index contributed by atoms with van der Waals surface area (Å²) in [5, 5.41) is 9.68. The summed E-state index contributed by atoms with van der Waals surface area (Å²) in [7, 11) is 4.10. The second-order valence-electron chi connectivity index (χ2n) is 8.97. The van der Waals surface area contributed by atoms with Crippen LogP contribution in [0.25, 0.3) is 55.6 Å². The molecule has 172 valence electrons. The second kappa shape index (κ2) is 8.45. The Morgan fingerprint density at radius 3 is 2.57 bits per heavy atom. The summed E-state index contributed by atoms with van der Waals surface area (Å²) in [5.74, 6) is -0.285. The molecule has 0 saturated heterocycles. The molecule has 7 heteroatoms. The number of rotatable bonds is 5. The van der Waals surface area contributed by atoms with Gasteiger partial charge in [-0.3, -0.25) is 15.1 Å². The van der Waals surface area contributed by atoms with Crippen LogP contribution in [0.5, 0.6) is 0 Å². The molecule has 35 heavy (non-hydrogen) atoms. The van der Waals surface area contributed by atoms with Gasteiger partial charge < -0.3 is 9.88 Å².